The molecule has 28 heavy (non-hydrogen) atoms. The van der Waals surface area contributed by atoms with Crippen molar-refractivity contribution in [3.05, 3.63) is 75.3 Å². The van der Waals surface area contributed by atoms with Crippen LogP contribution in [0.3, 0.4) is 0 Å². The summed E-state index contributed by atoms with van der Waals surface area (Å²) in [7, 11) is 0. The molecule has 0 spiro atoms. The Morgan fingerprint density at radius 2 is 1.86 bits per heavy atom. The second kappa shape index (κ2) is 7.73. The van der Waals surface area contributed by atoms with Crippen LogP contribution in [0.15, 0.2) is 53.3 Å². The third kappa shape index (κ3) is 3.66. The van der Waals surface area contributed by atoms with Crippen molar-refractivity contribution < 1.29 is 4.79 Å². The summed E-state index contributed by atoms with van der Waals surface area (Å²) in [5.74, 6) is 0.644. The van der Waals surface area contributed by atoms with Crippen molar-refractivity contribution in [3.8, 4) is 0 Å². The topological polar surface area (TPSA) is 69.3 Å². The number of rotatable bonds is 3. The lowest BCUT2D eigenvalue weighted by Gasteiger charge is -2.37. The lowest BCUT2D eigenvalue weighted by atomic mass is 10.1. The summed E-state index contributed by atoms with van der Waals surface area (Å²) in [4.78, 5) is 36.6. The Hall–Kier alpha value is -2.70. The second-order valence-corrected chi connectivity index (χ2v) is 7.42. The van der Waals surface area contributed by atoms with Gasteiger partial charge in [0.2, 0.25) is 0 Å². The Kier molecular flexibility index (Phi) is 5.15. The van der Waals surface area contributed by atoms with Crippen LogP contribution in [0.5, 0.6) is 0 Å². The van der Waals surface area contributed by atoms with E-state index in [1.54, 1.807) is 30.3 Å². The van der Waals surface area contributed by atoms with Crippen LogP contribution in [-0.4, -0.2) is 51.9 Å². The van der Waals surface area contributed by atoms with E-state index in [-0.39, 0.29) is 17.5 Å². The molecule has 1 aromatic heterocycles. The lowest BCUT2D eigenvalue weighted by molar-refractivity contribution is 0.0575. The first kappa shape index (κ1) is 18.7. The molecule has 2 heterocycles. The minimum Gasteiger partial charge on any atom is -0.336 e. The summed E-state index contributed by atoms with van der Waals surface area (Å²) in [6.45, 7) is 4.69. The van der Waals surface area contributed by atoms with Gasteiger partial charge in [0.1, 0.15) is 5.82 Å². The molecule has 1 atom stereocenters. The number of fused-ring (bicyclic) bond motifs is 1. The minimum atomic E-state index is -0.123. The maximum atomic E-state index is 12.7. The highest BCUT2D eigenvalue weighted by Gasteiger charge is 2.26. The first-order valence-corrected chi connectivity index (χ1v) is 9.68. The smallest absolute Gasteiger partial charge is 0.258 e. The first-order valence-electron chi connectivity index (χ1n) is 9.31. The number of nitrogens with one attached hydrogen (secondary N) is 1. The Balaban J connectivity index is 1.46. The van der Waals surface area contributed by atoms with Gasteiger partial charge in [0, 0.05) is 36.8 Å². The summed E-state index contributed by atoms with van der Waals surface area (Å²) in [5.41, 5.74) is 1.18. The van der Waals surface area contributed by atoms with Crippen LogP contribution in [0, 0.1) is 0 Å². The van der Waals surface area contributed by atoms with Gasteiger partial charge in [-0.1, -0.05) is 29.8 Å². The molecule has 0 radical (unpaired) electrons. The maximum absolute atomic E-state index is 12.7. The number of piperazine rings is 1. The number of hydrogen-bond acceptors (Lipinski definition) is 4. The van der Waals surface area contributed by atoms with Crippen LogP contribution in [0.25, 0.3) is 10.9 Å². The van der Waals surface area contributed by atoms with Gasteiger partial charge >= 0.3 is 0 Å². The maximum Gasteiger partial charge on any atom is 0.258 e. The molecule has 1 fully saturated rings. The molecule has 0 bridgehead atoms. The molecule has 2 aromatic carbocycles. The number of hydrogen-bond donors (Lipinski definition) is 1. The molecule has 4 rings (SSSR count). The van der Waals surface area contributed by atoms with Gasteiger partial charge in [-0.15, -0.1) is 0 Å². The summed E-state index contributed by atoms with van der Waals surface area (Å²) in [6.07, 6.45) is 0. The number of nitrogens with zero attached hydrogens (tertiary/aromatic N) is 3. The fourth-order valence-corrected chi connectivity index (χ4v) is 3.78. The zero-order chi connectivity index (χ0) is 19.7. The van der Waals surface area contributed by atoms with Crippen LogP contribution >= 0.6 is 11.6 Å². The van der Waals surface area contributed by atoms with E-state index in [0.29, 0.717) is 53.5 Å². The number of aromatic nitrogens is 2. The minimum absolute atomic E-state index is 0.00737. The van der Waals surface area contributed by atoms with Crippen molar-refractivity contribution in [1.82, 2.24) is 19.8 Å². The van der Waals surface area contributed by atoms with Gasteiger partial charge in [-0.3, -0.25) is 14.5 Å². The van der Waals surface area contributed by atoms with Crippen molar-refractivity contribution in [1.29, 1.82) is 0 Å². The van der Waals surface area contributed by atoms with Crippen LogP contribution in [0.4, 0.5) is 0 Å². The summed E-state index contributed by atoms with van der Waals surface area (Å²) < 4.78 is 0. The molecule has 0 saturated carbocycles. The number of aromatic amines is 1. The van der Waals surface area contributed by atoms with Gasteiger partial charge in [0.15, 0.2) is 0 Å². The first-order chi connectivity index (χ1) is 13.5. The monoisotopic (exact) mass is 396 g/mol. The van der Waals surface area contributed by atoms with Crippen molar-refractivity contribution in [2.24, 2.45) is 0 Å². The third-order valence-corrected chi connectivity index (χ3v) is 5.48. The number of H-pyrrole nitrogens is 1. The largest absolute Gasteiger partial charge is 0.336 e. The molecular weight excluding hydrogens is 376 g/mol. The van der Waals surface area contributed by atoms with Crippen molar-refractivity contribution in [2.75, 3.05) is 26.2 Å². The SMILES string of the molecule is CC(c1nc2ccccc2c(=O)[nH]1)N1CCN(C(=O)c2cccc(Cl)c2)CC1. The molecule has 1 aliphatic rings. The molecule has 0 aliphatic carbocycles. The van der Waals surface area contributed by atoms with Gasteiger partial charge in [-0.25, -0.2) is 4.98 Å². The molecular formula is C21H21ClN4O2. The van der Waals surface area contributed by atoms with Crippen LogP contribution < -0.4 is 5.56 Å². The number of carbonyl (C=O) groups is 1. The van der Waals surface area contributed by atoms with E-state index >= 15 is 0 Å². The fraction of sp³-hybridized carbons (Fsp3) is 0.286. The van der Waals surface area contributed by atoms with E-state index in [4.69, 9.17) is 11.6 Å². The average molecular weight is 397 g/mol. The van der Waals surface area contributed by atoms with E-state index in [1.165, 1.54) is 0 Å². The molecule has 1 saturated heterocycles. The zero-order valence-electron chi connectivity index (χ0n) is 15.6. The van der Waals surface area contributed by atoms with Gasteiger partial charge in [0.25, 0.3) is 11.5 Å². The Bertz CT molecular complexity index is 1070. The van der Waals surface area contributed by atoms with Crippen molar-refractivity contribution in [3.63, 3.8) is 0 Å². The molecule has 1 amide bonds. The highest BCUT2D eigenvalue weighted by atomic mass is 35.5. The summed E-state index contributed by atoms with van der Waals surface area (Å²) in [5, 5.41) is 1.15. The van der Waals surface area contributed by atoms with E-state index in [1.807, 2.05) is 30.0 Å². The predicted octanol–water partition coefficient (Wildman–Crippen LogP) is 3.10. The summed E-state index contributed by atoms with van der Waals surface area (Å²) in [6, 6.07) is 14.3. The van der Waals surface area contributed by atoms with Gasteiger partial charge in [-0.2, -0.15) is 0 Å². The Labute approximate surface area is 167 Å². The molecule has 7 heteroatoms. The van der Waals surface area contributed by atoms with E-state index in [2.05, 4.69) is 14.9 Å². The lowest BCUT2D eigenvalue weighted by Crippen LogP contribution is -2.49. The fourth-order valence-electron chi connectivity index (χ4n) is 3.59. The van der Waals surface area contributed by atoms with Crippen LogP contribution in [0.1, 0.15) is 29.1 Å². The molecule has 3 aromatic rings. The number of halogens is 1. The number of benzene rings is 2. The molecule has 1 aliphatic heterocycles. The Morgan fingerprint density at radius 1 is 1.11 bits per heavy atom. The van der Waals surface area contributed by atoms with E-state index in [9.17, 15) is 9.59 Å². The normalized spacial score (nSPS) is 16.3. The van der Waals surface area contributed by atoms with Gasteiger partial charge in [0.05, 0.1) is 16.9 Å². The summed E-state index contributed by atoms with van der Waals surface area (Å²) >= 11 is 6.00. The third-order valence-electron chi connectivity index (χ3n) is 5.25. The number of amides is 1. The quantitative estimate of drug-likeness (QED) is 0.738. The number of carbonyl (C=O) groups excluding carboxylic acids is 1. The van der Waals surface area contributed by atoms with Gasteiger partial charge < -0.3 is 9.88 Å². The highest BCUT2D eigenvalue weighted by Crippen LogP contribution is 2.20. The second-order valence-electron chi connectivity index (χ2n) is 6.98. The van der Waals surface area contributed by atoms with E-state index < -0.39 is 0 Å². The van der Waals surface area contributed by atoms with E-state index in [0.717, 1.165) is 0 Å². The standard InChI is InChI=1S/C21H21ClN4O2/c1-14(19-23-18-8-3-2-7-17(18)20(27)24-19)25-9-11-26(12-10-25)21(28)15-5-4-6-16(22)13-15/h2-8,13-14H,9-12H2,1H3,(H,23,24,27). The molecule has 1 N–H and O–H groups in total. The highest BCUT2D eigenvalue weighted by molar-refractivity contribution is 6.30. The van der Waals surface area contributed by atoms with Crippen molar-refractivity contribution in [2.45, 2.75) is 13.0 Å². The zero-order valence-corrected chi connectivity index (χ0v) is 16.3. The Morgan fingerprint density at radius 3 is 2.61 bits per heavy atom. The van der Waals surface area contributed by atoms with Crippen molar-refractivity contribution >= 4 is 28.4 Å². The molecule has 1 unspecified atom stereocenters. The predicted molar refractivity (Wildman–Crippen MR) is 110 cm³/mol. The van der Waals surface area contributed by atoms with Crippen LogP contribution in [-0.2, 0) is 0 Å². The van der Waals surface area contributed by atoms with Crippen LogP contribution in [0.2, 0.25) is 5.02 Å². The average Bonchev–Trinajstić information content (AvgIpc) is 2.73. The number of para-hydroxylation sites is 1. The van der Waals surface area contributed by atoms with Gasteiger partial charge in [-0.05, 0) is 37.3 Å². The molecule has 6 nitrogen and oxygen atoms in total. The molecule has 144 valence electrons.